The third kappa shape index (κ3) is 5.81. The summed E-state index contributed by atoms with van der Waals surface area (Å²) >= 11 is 3.35. The molecule has 0 aliphatic heterocycles. The summed E-state index contributed by atoms with van der Waals surface area (Å²) in [5, 5.41) is 13.2. The first-order chi connectivity index (χ1) is 15.0. The summed E-state index contributed by atoms with van der Waals surface area (Å²) in [6.07, 6.45) is 10.9. The van der Waals surface area contributed by atoms with Crippen molar-refractivity contribution >= 4 is 39.2 Å². The molecule has 2 aromatic heterocycles. The lowest BCUT2D eigenvalue weighted by molar-refractivity contribution is 0.0924. The Morgan fingerprint density at radius 3 is 2.71 bits per heavy atom. The summed E-state index contributed by atoms with van der Waals surface area (Å²) in [5.74, 6) is 2.07. The Balaban J connectivity index is 1.34. The van der Waals surface area contributed by atoms with Crippen LogP contribution < -0.4 is 5.32 Å². The minimum Gasteiger partial charge on any atom is -0.392 e. The van der Waals surface area contributed by atoms with Gasteiger partial charge < -0.3 is 10.4 Å². The molecule has 3 atom stereocenters. The number of aliphatic hydroxyl groups excluding tert-OH is 1. The second-order valence-electron chi connectivity index (χ2n) is 8.34. The van der Waals surface area contributed by atoms with Crippen LogP contribution in [0.2, 0.25) is 0 Å². The molecule has 0 bridgehead atoms. The Labute approximate surface area is 190 Å². The monoisotopic (exact) mass is 456 g/mol. The average Bonchev–Trinajstić information content (AvgIpc) is 3.38. The molecule has 6 nitrogen and oxygen atoms in total. The van der Waals surface area contributed by atoms with E-state index in [2.05, 4.69) is 15.3 Å². The second-order valence-corrected chi connectivity index (χ2v) is 10.3. The van der Waals surface area contributed by atoms with E-state index in [0.29, 0.717) is 17.4 Å². The van der Waals surface area contributed by atoms with Crippen molar-refractivity contribution < 1.29 is 9.90 Å². The summed E-state index contributed by atoms with van der Waals surface area (Å²) in [6, 6.07) is 5.62. The number of hydrogen-bond donors (Lipinski definition) is 2. The van der Waals surface area contributed by atoms with E-state index in [1.807, 2.05) is 30.8 Å². The van der Waals surface area contributed by atoms with Crippen molar-refractivity contribution in [2.75, 3.05) is 12.8 Å². The van der Waals surface area contributed by atoms with Gasteiger partial charge in [0, 0.05) is 42.2 Å². The average molecular weight is 457 g/mol. The molecule has 31 heavy (non-hydrogen) atoms. The Kier molecular flexibility index (Phi) is 7.20. The van der Waals surface area contributed by atoms with Crippen molar-refractivity contribution in [2.24, 2.45) is 11.8 Å². The van der Waals surface area contributed by atoms with Crippen molar-refractivity contribution in [3.05, 3.63) is 47.0 Å². The summed E-state index contributed by atoms with van der Waals surface area (Å²) in [5.41, 5.74) is 1.56. The molecule has 1 amide bonds. The lowest BCUT2D eigenvalue weighted by Crippen LogP contribution is -2.30. The quantitative estimate of drug-likeness (QED) is 0.496. The molecule has 1 saturated carbocycles. The number of benzene rings is 1. The maximum absolute atomic E-state index is 12.3. The van der Waals surface area contributed by atoms with Crippen molar-refractivity contribution in [3.8, 4) is 0 Å². The van der Waals surface area contributed by atoms with Crippen molar-refractivity contribution in [1.29, 1.82) is 0 Å². The number of amides is 1. The third-order valence-corrected chi connectivity index (χ3v) is 7.48. The number of thiazole rings is 1. The Morgan fingerprint density at radius 1 is 1.26 bits per heavy atom. The predicted octanol–water partition coefficient (Wildman–Crippen LogP) is 4.12. The zero-order valence-corrected chi connectivity index (χ0v) is 19.5. The number of aliphatic hydroxyl groups is 1. The molecular weight excluding hydrogens is 428 g/mol. The normalized spacial score (nSPS) is 19.6. The van der Waals surface area contributed by atoms with Crippen molar-refractivity contribution in [1.82, 2.24) is 20.3 Å². The van der Waals surface area contributed by atoms with Gasteiger partial charge in [0.25, 0.3) is 5.91 Å². The van der Waals surface area contributed by atoms with Crippen LogP contribution in [0.4, 0.5) is 0 Å². The topological polar surface area (TPSA) is 88.0 Å². The molecule has 0 saturated heterocycles. The van der Waals surface area contributed by atoms with E-state index in [4.69, 9.17) is 4.98 Å². The van der Waals surface area contributed by atoms with Crippen LogP contribution in [0.15, 0.2) is 35.5 Å². The van der Waals surface area contributed by atoms with Gasteiger partial charge in [0.05, 0.1) is 21.3 Å². The fourth-order valence-electron chi connectivity index (χ4n) is 4.15. The molecule has 4 rings (SSSR count). The predicted molar refractivity (Wildman–Crippen MR) is 126 cm³/mol. The lowest BCUT2D eigenvalue weighted by Gasteiger charge is -2.09. The van der Waals surface area contributed by atoms with Crippen molar-refractivity contribution in [2.45, 2.75) is 50.0 Å². The van der Waals surface area contributed by atoms with Crippen LogP contribution in [0.25, 0.3) is 10.2 Å². The van der Waals surface area contributed by atoms with E-state index in [1.54, 1.807) is 36.1 Å². The molecule has 1 aromatic carbocycles. The summed E-state index contributed by atoms with van der Waals surface area (Å²) < 4.78 is 1.04. The molecule has 1 fully saturated rings. The first kappa shape index (κ1) is 22.2. The van der Waals surface area contributed by atoms with Gasteiger partial charge in [0.15, 0.2) is 0 Å². The van der Waals surface area contributed by atoms with Crippen LogP contribution >= 0.6 is 23.1 Å². The number of nitrogens with zero attached hydrogens (tertiary/aromatic N) is 3. The number of carbonyl (C=O) groups excluding carboxylic acids is 1. The summed E-state index contributed by atoms with van der Waals surface area (Å²) in [7, 11) is 0. The van der Waals surface area contributed by atoms with Gasteiger partial charge in [-0.25, -0.2) is 15.0 Å². The van der Waals surface area contributed by atoms with Gasteiger partial charge in [-0.15, -0.1) is 23.1 Å². The highest BCUT2D eigenvalue weighted by molar-refractivity contribution is 7.98. The summed E-state index contributed by atoms with van der Waals surface area (Å²) in [4.78, 5) is 27.2. The largest absolute Gasteiger partial charge is 0.392 e. The molecule has 164 valence electrons. The maximum Gasteiger partial charge on any atom is 0.251 e. The fourth-order valence-corrected chi connectivity index (χ4v) is 5.59. The highest BCUT2D eigenvalue weighted by Gasteiger charge is 2.26. The van der Waals surface area contributed by atoms with Gasteiger partial charge in [-0.2, -0.15) is 0 Å². The van der Waals surface area contributed by atoms with E-state index in [-0.39, 0.29) is 12.5 Å². The Hall–Kier alpha value is -2.03. The lowest BCUT2D eigenvalue weighted by atomic mass is 9.99. The zero-order chi connectivity index (χ0) is 21.8. The van der Waals surface area contributed by atoms with Gasteiger partial charge in [-0.3, -0.25) is 4.79 Å². The second kappa shape index (κ2) is 10.1. The Morgan fingerprint density at radius 2 is 2.00 bits per heavy atom. The number of aromatic nitrogens is 3. The molecular formula is C23H28N4O2S2. The smallest absolute Gasteiger partial charge is 0.251 e. The SMILES string of the molecule is CSc1cnc(C[C@H]2CC[C@H](Cc3nc4ccc(C(=O)NCC(C)O)cc4s3)C2)nc1. The minimum absolute atomic E-state index is 0.163. The first-order valence-electron chi connectivity index (χ1n) is 10.7. The van der Waals surface area contributed by atoms with Crippen LogP contribution in [-0.4, -0.2) is 44.9 Å². The molecule has 2 N–H and O–H groups in total. The highest BCUT2D eigenvalue weighted by Crippen LogP contribution is 2.36. The molecule has 2 heterocycles. The molecule has 8 heteroatoms. The number of thioether (sulfide) groups is 1. The maximum atomic E-state index is 12.3. The number of nitrogens with one attached hydrogen (secondary N) is 1. The van der Waals surface area contributed by atoms with E-state index < -0.39 is 6.10 Å². The van der Waals surface area contributed by atoms with E-state index in [0.717, 1.165) is 38.8 Å². The standard InChI is InChI=1S/C23H28N4O2S2/c1-14(28)11-26-23(29)17-5-6-19-20(10-17)31-22(27-19)9-16-4-3-15(7-16)8-21-24-12-18(30-2)13-25-21/h5-6,10,12-16,28H,3-4,7-9,11H2,1-2H3,(H,26,29)/t14?,15-,16-/m0/s1. The van der Waals surface area contributed by atoms with Gasteiger partial charge >= 0.3 is 0 Å². The molecule has 3 aromatic rings. The van der Waals surface area contributed by atoms with E-state index in [1.165, 1.54) is 19.3 Å². The Bertz CT molecular complexity index is 1040. The van der Waals surface area contributed by atoms with Gasteiger partial charge in [0.1, 0.15) is 5.82 Å². The van der Waals surface area contributed by atoms with Crippen LogP contribution in [0, 0.1) is 11.8 Å². The molecule has 1 aliphatic carbocycles. The zero-order valence-electron chi connectivity index (χ0n) is 17.9. The van der Waals surface area contributed by atoms with Crippen LogP contribution in [0.3, 0.4) is 0 Å². The van der Waals surface area contributed by atoms with Crippen LogP contribution in [0.1, 0.15) is 47.4 Å². The van der Waals surface area contributed by atoms with Gasteiger partial charge in [-0.05, 0) is 62.5 Å². The molecule has 1 aliphatic rings. The minimum atomic E-state index is -0.556. The molecule has 0 spiro atoms. The number of hydrogen-bond acceptors (Lipinski definition) is 7. The first-order valence-corrected chi connectivity index (χ1v) is 12.7. The van der Waals surface area contributed by atoms with E-state index >= 15 is 0 Å². The van der Waals surface area contributed by atoms with Gasteiger partial charge in [0.2, 0.25) is 0 Å². The molecule has 0 radical (unpaired) electrons. The summed E-state index contributed by atoms with van der Waals surface area (Å²) in [6.45, 7) is 1.90. The number of rotatable bonds is 8. The number of fused-ring (bicyclic) bond motifs is 1. The highest BCUT2D eigenvalue weighted by atomic mass is 32.2. The third-order valence-electron chi connectivity index (χ3n) is 5.75. The fraction of sp³-hybridized carbons (Fsp3) is 0.478. The van der Waals surface area contributed by atoms with E-state index in [9.17, 15) is 9.90 Å². The van der Waals surface area contributed by atoms with Crippen LogP contribution in [-0.2, 0) is 12.8 Å². The van der Waals surface area contributed by atoms with Crippen LogP contribution in [0.5, 0.6) is 0 Å². The number of carbonyl (C=O) groups is 1. The van der Waals surface area contributed by atoms with Crippen molar-refractivity contribution in [3.63, 3.8) is 0 Å². The van der Waals surface area contributed by atoms with Gasteiger partial charge in [-0.1, -0.05) is 0 Å². The molecule has 1 unspecified atom stereocenters.